The Labute approximate surface area is 152 Å². The van der Waals surface area contributed by atoms with Crippen LogP contribution < -0.4 is 10.6 Å². The SMILES string of the molecule is COC(=O)c1sc2cc(NC(=S)Nc3cccnc3)ccc2c1Cl. The molecule has 0 spiro atoms. The minimum absolute atomic E-state index is 0.391. The molecule has 1 aromatic carbocycles. The van der Waals surface area contributed by atoms with Crippen LogP contribution in [0.4, 0.5) is 11.4 Å². The summed E-state index contributed by atoms with van der Waals surface area (Å²) in [6.07, 6.45) is 3.37. The Balaban J connectivity index is 1.80. The molecule has 0 saturated carbocycles. The second-order valence-electron chi connectivity index (χ2n) is 4.77. The van der Waals surface area contributed by atoms with Crippen LogP contribution in [0.5, 0.6) is 0 Å². The lowest BCUT2D eigenvalue weighted by molar-refractivity contribution is 0.0606. The number of methoxy groups -OCH3 is 1. The number of halogens is 1. The summed E-state index contributed by atoms with van der Waals surface area (Å²) in [5.74, 6) is -0.440. The number of pyridine rings is 1. The molecular weight excluding hydrogens is 366 g/mol. The lowest BCUT2D eigenvalue weighted by atomic mass is 10.2. The minimum atomic E-state index is -0.440. The zero-order chi connectivity index (χ0) is 17.1. The maximum Gasteiger partial charge on any atom is 0.349 e. The van der Waals surface area contributed by atoms with Crippen LogP contribution in [0, 0.1) is 0 Å². The molecule has 0 unspecified atom stereocenters. The number of carbonyl (C=O) groups excluding carboxylic acids is 1. The molecule has 0 aliphatic rings. The second kappa shape index (κ2) is 7.12. The molecule has 2 heterocycles. The van der Waals surface area contributed by atoms with E-state index in [0.717, 1.165) is 21.5 Å². The highest BCUT2D eigenvalue weighted by atomic mass is 35.5. The fourth-order valence-electron chi connectivity index (χ4n) is 2.10. The van der Waals surface area contributed by atoms with Gasteiger partial charge in [0, 0.05) is 22.0 Å². The number of ether oxygens (including phenoxy) is 1. The van der Waals surface area contributed by atoms with Crippen LogP contribution in [0.25, 0.3) is 10.1 Å². The number of carbonyl (C=O) groups is 1. The van der Waals surface area contributed by atoms with Crippen molar-refractivity contribution in [3.63, 3.8) is 0 Å². The van der Waals surface area contributed by atoms with Crippen molar-refractivity contribution in [1.82, 2.24) is 4.98 Å². The van der Waals surface area contributed by atoms with Gasteiger partial charge in [-0.15, -0.1) is 11.3 Å². The van der Waals surface area contributed by atoms with Crippen molar-refractivity contribution in [2.24, 2.45) is 0 Å². The number of thiocarbonyl (C=S) groups is 1. The molecule has 0 amide bonds. The van der Waals surface area contributed by atoms with E-state index in [0.29, 0.717) is 15.0 Å². The van der Waals surface area contributed by atoms with E-state index < -0.39 is 5.97 Å². The quantitative estimate of drug-likeness (QED) is 0.516. The molecule has 0 aliphatic heterocycles. The second-order valence-corrected chi connectivity index (χ2v) is 6.61. The Morgan fingerprint density at radius 3 is 2.79 bits per heavy atom. The number of anilines is 2. The summed E-state index contributed by atoms with van der Waals surface area (Å²) in [5, 5.41) is 7.79. The molecule has 0 saturated heterocycles. The molecule has 2 aromatic heterocycles. The van der Waals surface area contributed by atoms with Crippen LogP contribution in [0.1, 0.15) is 9.67 Å². The summed E-state index contributed by atoms with van der Waals surface area (Å²) in [6, 6.07) is 9.26. The molecule has 24 heavy (non-hydrogen) atoms. The Morgan fingerprint density at radius 2 is 2.08 bits per heavy atom. The van der Waals surface area contributed by atoms with E-state index in [4.69, 9.17) is 28.6 Å². The summed E-state index contributed by atoms with van der Waals surface area (Å²) in [4.78, 5) is 16.1. The first-order valence-corrected chi connectivity index (χ1v) is 8.47. The maximum atomic E-state index is 11.7. The number of thiophene rings is 1. The van der Waals surface area contributed by atoms with Crippen LogP contribution in [0.3, 0.4) is 0 Å². The third kappa shape index (κ3) is 3.48. The van der Waals surface area contributed by atoms with Crippen LogP contribution in [-0.4, -0.2) is 23.2 Å². The molecule has 5 nitrogen and oxygen atoms in total. The molecule has 0 bridgehead atoms. The third-order valence-electron chi connectivity index (χ3n) is 3.18. The maximum absolute atomic E-state index is 11.7. The molecule has 0 fully saturated rings. The third-order valence-corrected chi connectivity index (χ3v) is 5.02. The first-order valence-electron chi connectivity index (χ1n) is 6.87. The van der Waals surface area contributed by atoms with Gasteiger partial charge in [-0.3, -0.25) is 4.98 Å². The van der Waals surface area contributed by atoms with E-state index in [1.54, 1.807) is 12.4 Å². The van der Waals surface area contributed by atoms with Gasteiger partial charge in [0.2, 0.25) is 0 Å². The van der Waals surface area contributed by atoms with Crippen LogP contribution in [0.15, 0.2) is 42.7 Å². The van der Waals surface area contributed by atoms with Gasteiger partial charge in [0.25, 0.3) is 0 Å². The monoisotopic (exact) mass is 377 g/mol. The van der Waals surface area contributed by atoms with Crippen molar-refractivity contribution in [3.8, 4) is 0 Å². The average Bonchev–Trinajstić information content (AvgIpc) is 2.91. The van der Waals surface area contributed by atoms with Crippen molar-refractivity contribution in [1.29, 1.82) is 0 Å². The smallest absolute Gasteiger partial charge is 0.349 e. The lowest BCUT2D eigenvalue weighted by Crippen LogP contribution is -2.18. The van der Waals surface area contributed by atoms with Crippen LogP contribution in [0.2, 0.25) is 5.02 Å². The number of nitrogens with one attached hydrogen (secondary N) is 2. The molecule has 122 valence electrons. The summed E-state index contributed by atoms with van der Waals surface area (Å²) in [6.45, 7) is 0. The predicted molar refractivity (Wildman–Crippen MR) is 102 cm³/mol. The van der Waals surface area contributed by atoms with E-state index in [9.17, 15) is 4.79 Å². The fourth-order valence-corrected chi connectivity index (χ4v) is 3.80. The lowest BCUT2D eigenvalue weighted by Gasteiger charge is -2.10. The normalized spacial score (nSPS) is 10.4. The van der Waals surface area contributed by atoms with Gasteiger partial charge < -0.3 is 15.4 Å². The van der Waals surface area contributed by atoms with E-state index in [1.807, 2.05) is 30.3 Å². The highest BCUT2D eigenvalue weighted by molar-refractivity contribution is 7.80. The number of aromatic nitrogens is 1. The number of benzene rings is 1. The Kier molecular flexibility index (Phi) is 4.94. The van der Waals surface area contributed by atoms with E-state index in [2.05, 4.69) is 15.6 Å². The molecule has 0 atom stereocenters. The Bertz CT molecular complexity index is 912. The van der Waals surface area contributed by atoms with Gasteiger partial charge in [-0.1, -0.05) is 11.6 Å². The molecule has 2 N–H and O–H groups in total. The van der Waals surface area contributed by atoms with Gasteiger partial charge in [-0.05, 0) is 42.5 Å². The van der Waals surface area contributed by atoms with Crippen molar-refractivity contribution in [2.75, 3.05) is 17.7 Å². The molecule has 3 aromatic rings. The fraction of sp³-hybridized carbons (Fsp3) is 0.0625. The summed E-state index contributed by atoms with van der Waals surface area (Å²) >= 11 is 12.8. The minimum Gasteiger partial charge on any atom is -0.465 e. The molecule has 8 heteroatoms. The summed E-state index contributed by atoms with van der Waals surface area (Å²) < 4.78 is 5.61. The number of esters is 1. The molecular formula is C16H12ClN3O2S2. The van der Waals surface area contributed by atoms with Gasteiger partial charge in [0.15, 0.2) is 5.11 Å². The summed E-state index contributed by atoms with van der Waals surface area (Å²) in [5.41, 5.74) is 1.58. The van der Waals surface area contributed by atoms with E-state index >= 15 is 0 Å². The highest BCUT2D eigenvalue weighted by Gasteiger charge is 2.17. The first kappa shape index (κ1) is 16.6. The zero-order valence-electron chi connectivity index (χ0n) is 12.5. The average molecular weight is 378 g/mol. The number of hydrogen-bond acceptors (Lipinski definition) is 5. The van der Waals surface area contributed by atoms with Gasteiger partial charge in [-0.2, -0.15) is 0 Å². The van der Waals surface area contributed by atoms with Gasteiger partial charge >= 0.3 is 5.97 Å². The predicted octanol–water partition coefficient (Wildman–Crippen LogP) is 4.55. The number of hydrogen-bond donors (Lipinski definition) is 2. The van der Waals surface area contributed by atoms with Gasteiger partial charge in [0.1, 0.15) is 4.88 Å². The first-order chi connectivity index (χ1) is 11.6. The standard InChI is InChI=1S/C16H12ClN3O2S2/c1-22-15(21)14-13(17)11-5-4-9(7-12(11)24-14)19-16(23)20-10-3-2-6-18-8-10/h2-8H,1H3,(H2,19,20,23). The number of rotatable bonds is 3. The van der Waals surface area contributed by atoms with Crippen molar-refractivity contribution >= 4 is 67.7 Å². The van der Waals surface area contributed by atoms with Gasteiger partial charge in [-0.25, -0.2) is 4.79 Å². The number of nitrogens with zero attached hydrogens (tertiary/aromatic N) is 1. The van der Waals surface area contributed by atoms with E-state index in [-0.39, 0.29) is 0 Å². The number of fused-ring (bicyclic) bond motifs is 1. The topological polar surface area (TPSA) is 63.2 Å². The largest absolute Gasteiger partial charge is 0.465 e. The highest BCUT2D eigenvalue weighted by Crippen LogP contribution is 2.37. The van der Waals surface area contributed by atoms with Crippen LogP contribution >= 0.6 is 35.2 Å². The Morgan fingerprint density at radius 1 is 1.29 bits per heavy atom. The summed E-state index contributed by atoms with van der Waals surface area (Å²) in [7, 11) is 1.33. The molecule has 0 aliphatic carbocycles. The molecule has 3 rings (SSSR count). The Hall–Kier alpha value is -2.22. The van der Waals surface area contributed by atoms with Crippen molar-refractivity contribution in [3.05, 3.63) is 52.6 Å². The zero-order valence-corrected chi connectivity index (χ0v) is 14.9. The van der Waals surface area contributed by atoms with Crippen molar-refractivity contribution in [2.45, 2.75) is 0 Å². The van der Waals surface area contributed by atoms with E-state index in [1.165, 1.54) is 18.4 Å². The van der Waals surface area contributed by atoms with Gasteiger partial charge in [0.05, 0.1) is 24.0 Å². The molecule has 0 radical (unpaired) electrons. The van der Waals surface area contributed by atoms with Crippen LogP contribution in [-0.2, 0) is 4.74 Å². The van der Waals surface area contributed by atoms with Crippen molar-refractivity contribution < 1.29 is 9.53 Å².